The molecule has 1 heterocycles. The Morgan fingerprint density at radius 3 is 2.55 bits per heavy atom. The summed E-state index contributed by atoms with van der Waals surface area (Å²) in [6.07, 6.45) is 3.89. The molecule has 1 fully saturated rings. The first-order valence-corrected chi connectivity index (χ1v) is 12.1. The van der Waals surface area contributed by atoms with Crippen molar-refractivity contribution >= 4 is 33.4 Å². The van der Waals surface area contributed by atoms with Crippen LogP contribution in [0.25, 0.3) is 0 Å². The molecule has 0 aromatic heterocycles. The fourth-order valence-electron chi connectivity index (χ4n) is 3.41. The van der Waals surface area contributed by atoms with Crippen LogP contribution in [-0.2, 0) is 10.0 Å². The molecular formula is C21H26N2O4S2. The fourth-order valence-corrected chi connectivity index (χ4v) is 5.44. The maximum Gasteiger partial charge on any atom is 0.259 e. The Hall–Kier alpha value is -2.03. The molecule has 29 heavy (non-hydrogen) atoms. The Morgan fingerprint density at radius 1 is 1.21 bits per heavy atom. The molecule has 8 heteroatoms. The predicted molar refractivity (Wildman–Crippen MR) is 116 cm³/mol. The monoisotopic (exact) mass is 434 g/mol. The van der Waals surface area contributed by atoms with Gasteiger partial charge in [0.1, 0.15) is 5.75 Å². The highest BCUT2D eigenvalue weighted by Gasteiger charge is 2.28. The van der Waals surface area contributed by atoms with Crippen molar-refractivity contribution in [2.45, 2.75) is 29.6 Å². The van der Waals surface area contributed by atoms with Gasteiger partial charge in [0.2, 0.25) is 10.0 Å². The van der Waals surface area contributed by atoms with Gasteiger partial charge in [-0.05, 0) is 67.5 Å². The summed E-state index contributed by atoms with van der Waals surface area (Å²) in [6, 6.07) is 11.7. The van der Waals surface area contributed by atoms with E-state index in [1.807, 2.05) is 18.4 Å². The number of benzene rings is 2. The van der Waals surface area contributed by atoms with Crippen molar-refractivity contribution in [3.05, 3.63) is 48.0 Å². The van der Waals surface area contributed by atoms with Crippen molar-refractivity contribution in [1.29, 1.82) is 0 Å². The summed E-state index contributed by atoms with van der Waals surface area (Å²) in [7, 11) is -1.99. The first-order chi connectivity index (χ1) is 13.8. The van der Waals surface area contributed by atoms with Gasteiger partial charge in [-0.1, -0.05) is 6.92 Å². The van der Waals surface area contributed by atoms with Gasteiger partial charge in [0, 0.05) is 23.7 Å². The minimum Gasteiger partial charge on any atom is -0.496 e. The van der Waals surface area contributed by atoms with E-state index >= 15 is 0 Å². The third-order valence-electron chi connectivity index (χ3n) is 5.02. The molecule has 156 valence electrons. The van der Waals surface area contributed by atoms with Crippen LogP contribution in [0.1, 0.15) is 30.1 Å². The summed E-state index contributed by atoms with van der Waals surface area (Å²) in [6.45, 7) is 3.17. The molecule has 0 aliphatic carbocycles. The van der Waals surface area contributed by atoms with Crippen LogP contribution in [0.15, 0.2) is 52.3 Å². The molecule has 0 bridgehead atoms. The topological polar surface area (TPSA) is 75.7 Å². The zero-order valence-electron chi connectivity index (χ0n) is 16.8. The lowest BCUT2D eigenvalue weighted by Crippen LogP contribution is -2.39. The Morgan fingerprint density at radius 2 is 1.93 bits per heavy atom. The Kier molecular flexibility index (Phi) is 6.87. The molecule has 1 N–H and O–H groups in total. The molecule has 0 spiro atoms. The lowest BCUT2D eigenvalue weighted by atomic mass is 10.0. The number of nitrogens with one attached hydrogen (secondary N) is 1. The minimum absolute atomic E-state index is 0.242. The highest BCUT2D eigenvalue weighted by Crippen LogP contribution is 2.27. The molecule has 1 atom stereocenters. The quantitative estimate of drug-likeness (QED) is 0.693. The van der Waals surface area contributed by atoms with Gasteiger partial charge in [-0.25, -0.2) is 8.42 Å². The lowest BCUT2D eigenvalue weighted by Gasteiger charge is -2.30. The van der Waals surface area contributed by atoms with Gasteiger partial charge in [0.05, 0.1) is 17.6 Å². The van der Waals surface area contributed by atoms with Crippen LogP contribution in [-0.4, -0.2) is 45.1 Å². The molecule has 1 aliphatic rings. The maximum absolute atomic E-state index is 12.9. The Labute approximate surface area is 176 Å². The summed E-state index contributed by atoms with van der Waals surface area (Å²) in [5.41, 5.74) is 0.946. The van der Waals surface area contributed by atoms with Crippen molar-refractivity contribution in [2.24, 2.45) is 5.92 Å². The number of ether oxygens (including phenoxy) is 1. The SMILES string of the molecule is COc1cc(SC)ccc1C(=O)Nc1ccc(S(=O)(=O)N2CCCC(C)C2)cc1. The molecule has 6 nitrogen and oxygen atoms in total. The number of thioether (sulfide) groups is 1. The van der Waals surface area contributed by atoms with E-state index in [1.54, 1.807) is 34.3 Å². The number of piperidine rings is 1. The number of rotatable bonds is 6. The number of nitrogens with zero attached hydrogens (tertiary/aromatic N) is 1. The van der Waals surface area contributed by atoms with E-state index in [2.05, 4.69) is 12.2 Å². The number of amides is 1. The van der Waals surface area contributed by atoms with Crippen LogP contribution in [0.4, 0.5) is 5.69 Å². The second-order valence-corrected chi connectivity index (χ2v) is 9.97. The lowest BCUT2D eigenvalue weighted by molar-refractivity contribution is 0.102. The van der Waals surface area contributed by atoms with Gasteiger partial charge in [-0.15, -0.1) is 11.8 Å². The highest BCUT2D eigenvalue weighted by atomic mass is 32.2. The van der Waals surface area contributed by atoms with Crippen LogP contribution < -0.4 is 10.1 Å². The van der Waals surface area contributed by atoms with Gasteiger partial charge < -0.3 is 10.1 Å². The first-order valence-electron chi connectivity index (χ1n) is 9.48. The van der Waals surface area contributed by atoms with E-state index < -0.39 is 10.0 Å². The molecule has 1 saturated heterocycles. The number of hydrogen-bond donors (Lipinski definition) is 1. The third kappa shape index (κ3) is 4.94. The van der Waals surface area contributed by atoms with E-state index in [-0.39, 0.29) is 10.8 Å². The maximum atomic E-state index is 12.9. The normalized spacial score (nSPS) is 17.7. The fraction of sp³-hybridized carbons (Fsp3) is 0.381. The highest BCUT2D eigenvalue weighted by molar-refractivity contribution is 7.98. The molecule has 1 amide bonds. The van der Waals surface area contributed by atoms with Gasteiger partial charge in [0.25, 0.3) is 5.91 Å². The van der Waals surface area contributed by atoms with Crippen LogP contribution in [0.5, 0.6) is 5.75 Å². The molecule has 0 radical (unpaired) electrons. The van der Waals surface area contributed by atoms with E-state index in [0.717, 1.165) is 17.7 Å². The van der Waals surface area contributed by atoms with Crippen molar-refractivity contribution in [1.82, 2.24) is 4.31 Å². The minimum atomic E-state index is -3.51. The molecule has 0 saturated carbocycles. The van der Waals surface area contributed by atoms with Crippen molar-refractivity contribution in [3.63, 3.8) is 0 Å². The summed E-state index contributed by atoms with van der Waals surface area (Å²) >= 11 is 1.57. The first kappa shape index (κ1) is 21.7. The van der Waals surface area contributed by atoms with Gasteiger partial charge in [-0.2, -0.15) is 4.31 Å². The van der Waals surface area contributed by atoms with E-state index in [9.17, 15) is 13.2 Å². The number of methoxy groups -OCH3 is 1. The largest absolute Gasteiger partial charge is 0.496 e. The van der Waals surface area contributed by atoms with E-state index in [0.29, 0.717) is 36.0 Å². The number of sulfonamides is 1. The predicted octanol–water partition coefficient (Wildman–Crippen LogP) is 4.09. The number of carbonyl (C=O) groups is 1. The molecular weight excluding hydrogens is 408 g/mol. The average Bonchev–Trinajstić information content (AvgIpc) is 2.73. The molecule has 1 unspecified atom stereocenters. The van der Waals surface area contributed by atoms with E-state index in [1.165, 1.54) is 19.2 Å². The summed E-state index contributed by atoms with van der Waals surface area (Å²) < 4.78 is 32.6. The van der Waals surface area contributed by atoms with Crippen molar-refractivity contribution < 1.29 is 17.9 Å². The second kappa shape index (κ2) is 9.19. The van der Waals surface area contributed by atoms with Crippen molar-refractivity contribution in [3.8, 4) is 5.75 Å². The van der Waals surface area contributed by atoms with Gasteiger partial charge in [0.15, 0.2) is 0 Å². The molecule has 2 aromatic rings. The standard InChI is InChI=1S/C21H26N2O4S2/c1-15-5-4-12-23(14-15)29(25,26)18-9-6-16(7-10-18)22-21(24)19-11-8-17(28-3)13-20(19)27-2/h6-11,13,15H,4-5,12,14H2,1-3H3,(H,22,24). The Balaban J connectivity index is 1.75. The smallest absolute Gasteiger partial charge is 0.259 e. The number of carbonyl (C=O) groups excluding carboxylic acids is 1. The van der Waals surface area contributed by atoms with E-state index in [4.69, 9.17) is 4.74 Å². The van der Waals surface area contributed by atoms with Crippen LogP contribution in [0.3, 0.4) is 0 Å². The average molecular weight is 435 g/mol. The zero-order chi connectivity index (χ0) is 21.0. The van der Waals surface area contributed by atoms with Gasteiger partial charge >= 0.3 is 0 Å². The third-order valence-corrected chi connectivity index (χ3v) is 7.63. The number of hydrogen-bond acceptors (Lipinski definition) is 5. The second-order valence-electron chi connectivity index (χ2n) is 7.16. The molecule has 3 rings (SSSR count). The summed E-state index contributed by atoms with van der Waals surface area (Å²) in [5, 5.41) is 2.80. The Bertz CT molecular complexity index is 975. The molecule has 1 aliphatic heterocycles. The number of anilines is 1. The van der Waals surface area contributed by atoms with Gasteiger partial charge in [-0.3, -0.25) is 4.79 Å². The molecule has 2 aromatic carbocycles. The summed E-state index contributed by atoms with van der Waals surface area (Å²) in [4.78, 5) is 13.9. The zero-order valence-corrected chi connectivity index (χ0v) is 18.5. The summed E-state index contributed by atoms with van der Waals surface area (Å²) in [5.74, 6) is 0.548. The van der Waals surface area contributed by atoms with Crippen LogP contribution in [0, 0.1) is 5.92 Å². The van der Waals surface area contributed by atoms with Crippen LogP contribution >= 0.6 is 11.8 Å². The van der Waals surface area contributed by atoms with Crippen LogP contribution in [0.2, 0.25) is 0 Å². The van der Waals surface area contributed by atoms with Crippen molar-refractivity contribution in [2.75, 3.05) is 31.8 Å².